The van der Waals surface area contributed by atoms with Gasteiger partial charge in [-0.05, 0) is 57.8 Å². The van der Waals surface area contributed by atoms with Crippen LogP contribution in [0.3, 0.4) is 0 Å². The number of unbranched alkanes of at least 4 members (excludes halogenated alkanes) is 47. The van der Waals surface area contributed by atoms with Crippen LogP contribution in [0.25, 0.3) is 0 Å². The Morgan fingerprint density at radius 3 is 1.00 bits per heavy atom. The number of nitrogens with one attached hydrogen (secondary N) is 1. The molecular weight excluding hydrogens is 875 g/mol. The fraction of sp³-hybridized carbons (Fsp3) is 0.908. The average molecular weight is 1000 g/mol. The van der Waals surface area contributed by atoms with Crippen molar-refractivity contribution in [2.75, 3.05) is 13.2 Å². The highest BCUT2D eigenvalue weighted by molar-refractivity contribution is 5.76. The van der Waals surface area contributed by atoms with Gasteiger partial charge in [-0.1, -0.05) is 308 Å². The third-order valence-electron chi connectivity index (χ3n) is 15.0. The van der Waals surface area contributed by atoms with E-state index in [9.17, 15) is 19.8 Å². The number of rotatable bonds is 60. The van der Waals surface area contributed by atoms with Crippen molar-refractivity contribution in [1.82, 2.24) is 5.32 Å². The van der Waals surface area contributed by atoms with Crippen LogP contribution in [0.15, 0.2) is 24.3 Å². The summed E-state index contributed by atoms with van der Waals surface area (Å²) in [6.45, 7) is 4.92. The molecule has 0 aliphatic carbocycles. The van der Waals surface area contributed by atoms with Crippen LogP contribution >= 0.6 is 0 Å². The van der Waals surface area contributed by atoms with Crippen molar-refractivity contribution in [3.63, 3.8) is 0 Å². The molecule has 0 aromatic carbocycles. The molecule has 0 aliphatic heterocycles. The summed E-state index contributed by atoms with van der Waals surface area (Å²) in [6, 6.07) is -0.634. The number of hydrogen-bond donors (Lipinski definition) is 3. The van der Waals surface area contributed by atoms with E-state index in [1.165, 1.54) is 283 Å². The molecule has 6 heteroatoms. The SMILES string of the molecule is CCCCCCCCCCCCCCCC/C=C/C(O)C(CO)NC(=O)CCCCCCCCC/C=C\CCCCCCCCCCCOC(=O)CCCCCCCCCCCCCCCCCCCC. The van der Waals surface area contributed by atoms with Gasteiger partial charge in [0.25, 0.3) is 0 Å². The number of aliphatic hydroxyl groups excluding tert-OH is 2. The van der Waals surface area contributed by atoms with Crippen LogP contribution in [-0.4, -0.2) is 47.4 Å². The number of esters is 1. The van der Waals surface area contributed by atoms with E-state index in [0.717, 1.165) is 44.9 Å². The zero-order valence-corrected chi connectivity index (χ0v) is 48.0. The Kier molecular flexibility index (Phi) is 59.5. The highest BCUT2D eigenvalue weighted by Crippen LogP contribution is 2.18. The van der Waals surface area contributed by atoms with E-state index in [2.05, 4.69) is 31.3 Å². The molecule has 0 spiro atoms. The summed E-state index contributed by atoms with van der Waals surface area (Å²) in [7, 11) is 0. The van der Waals surface area contributed by atoms with E-state index >= 15 is 0 Å². The average Bonchev–Trinajstić information content (AvgIpc) is 3.37. The molecule has 2 atom stereocenters. The maximum Gasteiger partial charge on any atom is 0.305 e. The number of amides is 1. The second-order valence-corrected chi connectivity index (χ2v) is 22.1. The molecule has 3 N–H and O–H groups in total. The van der Waals surface area contributed by atoms with Crippen molar-refractivity contribution in [3.05, 3.63) is 24.3 Å². The van der Waals surface area contributed by atoms with E-state index in [1.807, 2.05) is 6.08 Å². The molecule has 2 unspecified atom stereocenters. The first-order valence-electron chi connectivity index (χ1n) is 32.1. The smallest absolute Gasteiger partial charge is 0.305 e. The van der Waals surface area contributed by atoms with Crippen molar-refractivity contribution in [2.24, 2.45) is 0 Å². The first kappa shape index (κ1) is 69.3. The fourth-order valence-corrected chi connectivity index (χ4v) is 10.0. The molecule has 0 aromatic heterocycles. The molecule has 0 aromatic rings. The summed E-state index contributed by atoms with van der Waals surface area (Å²) in [5, 5.41) is 23.1. The standard InChI is InChI=1S/C65H125NO5/c1-3-5-7-9-11-13-15-17-19-21-27-31-35-39-43-47-51-55-59-65(70)71-60-56-52-48-44-40-36-32-28-25-23-22-24-26-30-34-38-42-46-50-54-58-64(69)66-62(61-67)63(68)57-53-49-45-41-37-33-29-20-18-16-14-12-10-8-6-4-2/h22,24,53,57,62-63,67-68H,3-21,23,25-52,54-56,58-61H2,1-2H3,(H,66,69)/b24-22-,57-53+. The highest BCUT2D eigenvalue weighted by atomic mass is 16.5. The second kappa shape index (κ2) is 60.9. The van der Waals surface area contributed by atoms with E-state index in [4.69, 9.17) is 4.74 Å². The van der Waals surface area contributed by atoms with Gasteiger partial charge in [0.2, 0.25) is 5.91 Å². The van der Waals surface area contributed by atoms with Crippen molar-refractivity contribution in [1.29, 1.82) is 0 Å². The maximum atomic E-state index is 12.5. The number of allylic oxidation sites excluding steroid dienone is 3. The van der Waals surface area contributed by atoms with E-state index in [1.54, 1.807) is 6.08 Å². The van der Waals surface area contributed by atoms with Crippen LogP contribution < -0.4 is 5.32 Å². The zero-order chi connectivity index (χ0) is 51.4. The molecule has 0 saturated carbocycles. The third-order valence-corrected chi connectivity index (χ3v) is 15.0. The Bertz CT molecular complexity index is 1110. The lowest BCUT2D eigenvalue weighted by Crippen LogP contribution is -2.45. The summed E-state index contributed by atoms with van der Waals surface area (Å²) < 4.78 is 5.50. The second-order valence-electron chi connectivity index (χ2n) is 22.1. The fourth-order valence-electron chi connectivity index (χ4n) is 10.0. The van der Waals surface area contributed by atoms with Gasteiger partial charge in [-0.15, -0.1) is 0 Å². The van der Waals surface area contributed by atoms with Crippen molar-refractivity contribution in [3.8, 4) is 0 Å². The number of carbonyl (C=O) groups is 2. The Morgan fingerprint density at radius 1 is 0.380 bits per heavy atom. The molecule has 0 heterocycles. The summed E-state index contributed by atoms with van der Waals surface area (Å²) in [5.74, 6) is -0.0641. The topological polar surface area (TPSA) is 95.9 Å². The highest BCUT2D eigenvalue weighted by Gasteiger charge is 2.18. The number of hydrogen-bond acceptors (Lipinski definition) is 5. The molecule has 71 heavy (non-hydrogen) atoms. The summed E-state index contributed by atoms with van der Waals surface area (Å²) in [4.78, 5) is 24.6. The van der Waals surface area contributed by atoms with E-state index in [0.29, 0.717) is 19.4 Å². The van der Waals surface area contributed by atoms with Gasteiger partial charge < -0.3 is 20.3 Å². The number of ether oxygens (including phenoxy) is 1. The van der Waals surface area contributed by atoms with Gasteiger partial charge in [0.15, 0.2) is 0 Å². The van der Waals surface area contributed by atoms with Gasteiger partial charge in [-0.3, -0.25) is 9.59 Å². The lowest BCUT2D eigenvalue weighted by atomic mass is 10.0. The molecule has 0 bridgehead atoms. The maximum absolute atomic E-state index is 12.5. The summed E-state index contributed by atoms with van der Waals surface area (Å²) >= 11 is 0. The molecule has 0 saturated heterocycles. The van der Waals surface area contributed by atoms with Gasteiger partial charge >= 0.3 is 5.97 Å². The van der Waals surface area contributed by atoms with Gasteiger partial charge in [-0.2, -0.15) is 0 Å². The van der Waals surface area contributed by atoms with Gasteiger partial charge in [0.05, 0.1) is 25.4 Å². The molecule has 0 rings (SSSR count). The van der Waals surface area contributed by atoms with Gasteiger partial charge in [-0.25, -0.2) is 0 Å². The van der Waals surface area contributed by atoms with Crippen molar-refractivity contribution in [2.45, 2.75) is 366 Å². The minimum absolute atomic E-state index is 0.0104. The Hall–Kier alpha value is -1.66. The first-order chi connectivity index (χ1) is 35.0. The number of carbonyl (C=O) groups excluding carboxylic acids is 2. The van der Waals surface area contributed by atoms with Crippen molar-refractivity contribution < 1.29 is 24.5 Å². The molecule has 0 radical (unpaired) electrons. The normalized spacial score (nSPS) is 12.7. The molecule has 420 valence electrons. The number of aliphatic hydroxyl groups is 2. The molecular formula is C65H125NO5. The zero-order valence-electron chi connectivity index (χ0n) is 48.0. The van der Waals surface area contributed by atoms with Gasteiger partial charge in [0, 0.05) is 12.8 Å². The summed E-state index contributed by atoms with van der Waals surface area (Å²) in [6.07, 6.45) is 75.1. The van der Waals surface area contributed by atoms with Crippen LogP contribution in [0.4, 0.5) is 0 Å². The minimum atomic E-state index is -0.850. The van der Waals surface area contributed by atoms with E-state index < -0.39 is 12.1 Å². The van der Waals surface area contributed by atoms with Crippen LogP contribution in [-0.2, 0) is 14.3 Å². The molecule has 0 fully saturated rings. The lowest BCUT2D eigenvalue weighted by Gasteiger charge is -2.20. The van der Waals surface area contributed by atoms with Crippen LogP contribution in [0.5, 0.6) is 0 Å². The lowest BCUT2D eigenvalue weighted by molar-refractivity contribution is -0.143. The Morgan fingerprint density at radius 2 is 0.662 bits per heavy atom. The van der Waals surface area contributed by atoms with Crippen LogP contribution in [0, 0.1) is 0 Å². The summed E-state index contributed by atoms with van der Waals surface area (Å²) in [5.41, 5.74) is 0. The molecule has 0 aliphatic rings. The Balaban J connectivity index is 3.43. The van der Waals surface area contributed by atoms with Gasteiger partial charge in [0.1, 0.15) is 0 Å². The first-order valence-corrected chi connectivity index (χ1v) is 32.1. The van der Waals surface area contributed by atoms with Crippen LogP contribution in [0.2, 0.25) is 0 Å². The van der Waals surface area contributed by atoms with Crippen LogP contribution in [0.1, 0.15) is 354 Å². The van der Waals surface area contributed by atoms with E-state index in [-0.39, 0.29) is 18.5 Å². The third kappa shape index (κ3) is 57.5. The molecule has 6 nitrogen and oxygen atoms in total. The molecule has 1 amide bonds. The largest absolute Gasteiger partial charge is 0.466 e. The monoisotopic (exact) mass is 1000 g/mol. The Labute approximate surface area is 443 Å². The predicted molar refractivity (Wildman–Crippen MR) is 310 cm³/mol. The minimum Gasteiger partial charge on any atom is -0.466 e. The van der Waals surface area contributed by atoms with Crippen molar-refractivity contribution >= 4 is 11.9 Å². The quantitative estimate of drug-likeness (QED) is 0.0320. The predicted octanol–water partition coefficient (Wildman–Crippen LogP) is 20.2.